The Balaban J connectivity index is 0. The van der Waals surface area contributed by atoms with Crippen LogP contribution >= 0.6 is 0 Å². The molecule has 0 aromatic carbocycles. The summed E-state index contributed by atoms with van der Waals surface area (Å²) in [6.45, 7) is 0. The first kappa shape index (κ1) is 50.2. The first-order valence-electron chi connectivity index (χ1n) is 0. The van der Waals surface area contributed by atoms with Crippen LogP contribution in [0.2, 0.25) is 0 Å². The topological polar surface area (TPSA) is 0 Å². The molecule has 0 saturated heterocycles. The fourth-order valence-corrected chi connectivity index (χ4v) is 0. The summed E-state index contributed by atoms with van der Waals surface area (Å²) in [6.07, 6.45) is 0. The second-order valence-corrected chi connectivity index (χ2v) is 0. The van der Waals surface area contributed by atoms with Gasteiger partial charge in [-0.15, -0.1) is 0 Å². The average molecular weight is 424 g/mol. The van der Waals surface area contributed by atoms with Crippen LogP contribution in [-0.2, 0) is 44.8 Å². The van der Waals surface area contributed by atoms with Gasteiger partial charge in [-0.3, -0.25) is 0 Å². The van der Waals surface area contributed by atoms with Crippen LogP contribution in [0.25, 0.3) is 0 Å². The van der Waals surface area contributed by atoms with E-state index in [1.54, 1.807) is 0 Å². The van der Waals surface area contributed by atoms with Crippen molar-refractivity contribution in [3.8, 4) is 0 Å². The predicted molar refractivity (Wildman–Crippen MR) is 12.8 cm³/mol. The van der Waals surface area contributed by atoms with Crippen LogP contribution in [0.15, 0.2) is 0 Å². The van der Waals surface area contributed by atoms with Crippen LogP contribution in [-0.4, -0.2) is 0 Å². The zero-order valence-corrected chi connectivity index (χ0v) is 6.94. The summed E-state index contributed by atoms with van der Waals surface area (Å²) in [7, 11) is 0. The molecule has 0 unspecified atom stereocenters. The van der Waals surface area contributed by atoms with Gasteiger partial charge in [0.15, 0.2) is 0 Å². The molecule has 0 fully saturated rings. The van der Waals surface area contributed by atoms with E-state index in [9.17, 15) is 0 Å². The van der Waals surface area contributed by atoms with E-state index in [0.29, 0.717) is 0 Å². The van der Waals surface area contributed by atoms with Gasteiger partial charge in [-0.05, 0) is 0 Å². The van der Waals surface area contributed by atoms with Crippen molar-refractivity contribution in [1.82, 2.24) is 0 Å². The van der Waals surface area contributed by atoms with Crippen LogP contribution in [0.4, 0.5) is 0 Å². The second kappa shape index (κ2) is 24.8. The van der Waals surface area contributed by atoms with Crippen molar-refractivity contribution in [2.45, 2.75) is 0 Å². The molecule has 0 aliphatic rings. The van der Waals surface area contributed by atoms with E-state index < -0.39 is 0 Å². The van der Waals surface area contributed by atoms with E-state index >= 15 is 0 Å². The van der Waals surface area contributed by atoms with E-state index in [1.807, 2.05) is 0 Å². The van der Waals surface area contributed by atoms with Crippen molar-refractivity contribution in [2.75, 3.05) is 0 Å². The zero-order chi connectivity index (χ0) is 0. The summed E-state index contributed by atoms with van der Waals surface area (Å²) in [5, 5.41) is 0. The van der Waals surface area contributed by atoms with Gasteiger partial charge >= 0.3 is 0 Å². The molecule has 2 heteroatoms. The van der Waals surface area contributed by atoms with Crippen LogP contribution < -0.4 is 0 Å². The second-order valence-electron chi connectivity index (χ2n) is 0. The average Bonchev–Trinajstić information content (AvgIpc) is 0. The molecule has 0 aliphatic carbocycles. The molecular weight excluding hydrogens is 418 g/mol. The molecule has 0 amide bonds. The summed E-state index contributed by atoms with van der Waals surface area (Å²) in [6, 6.07) is 0. The maximum absolute atomic E-state index is 0. The zero-order valence-electron chi connectivity index (χ0n) is 2.60. The van der Waals surface area contributed by atoms with E-state index in [1.165, 1.54) is 0 Å². The van der Waals surface area contributed by atoms with Crippen molar-refractivity contribution in [3.63, 3.8) is 0 Å². The van der Waals surface area contributed by atoms with Crippen molar-refractivity contribution >= 4 is 0 Å². The molecule has 0 spiro atoms. The fraction of sp³-hybridized carbons (Fsp3) is 0. The van der Waals surface area contributed by atoms with E-state index in [4.69, 9.17) is 0 Å². The Kier molecular flexibility index (Phi) is 311. The Morgan fingerprint density at radius 3 is 0.500 bits per heavy atom. The molecule has 0 heterocycles. The van der Waals surface area contributed by atoms with Crippen LogP contribution in [0.3, 0.4) is 0 Å². The Hall–Kier alpha value is 1.48. The molecule has 2 radical (unpaired) electrons. The molecule has 0 N–H and O–H groups in total. The first-order valence-corrected chi connectivity index (χ1v) is 0. The SMILES string of the molecule is [Au].[Au].[CH3-].[CH3-]. The summed E-state index contributed by atoms with van der Waals surface area (Å²) >= 11 is 0. The number of hydrogen-bond acceptors (Lipinski definition) is 0. The monoisotopic (exact) mass is 424 g/mol. The summed E-state index contributed by atoms with van der Waals surface area (Å²) in [5.74, 6) is 0. The number of rotatable bonds is 0. The van der Waals surface area contributed by atoms with E-state index in [-0.39, 0.29) is 59.6 Å². The van der Waals surface area contributed by atoms with Crippen molar-refractivity contribution in [3.05, 3.63) is 14.9 Å². The summed E-state index contributed by atoms with van der Waals surface area (Å²) < 4.78 is 0. The quantitative estimate of drug-likeness (QED) is 0.401. The Morgan fingerprint density at radius 2 is 0.500 bits per heavy atom. The van der Waals surface area contributed by atoms with Crippen molar-refractivity contribution in [1.29, 1.82) is 0 Å². The third kappa shape index (κ3) is 9.77. The maximum atomic E-state index is 0. The Bertz CT molecular complexity index is 4.00. The largest absolute Gasteiger partial charge is 0.358 e. The molecule has 0 aromatic heterocycles. The van der Waals surface area contributed by atoms with Gasteiger partial charge in [-0.1, -0.05) is 0 Å². The Morgan fingerprint density at radius 1 is 0.500 bits per heavy atom. The van der Waals surface area contributed by atoms with Gasteiger partial charge in [-0.2, -0.15) is 0 Å². The van der Waals surface area contributed by atoms with E-state index in [0.717, 1.165) is 0 Å². The molecular formula is C2H6Au2-2. The molecule has 0 aromatic rings. The van der Waals surface area contributed by atoms with Gasteiger partial charge in [0.2, 0.25) is 0 Å². The molecule has 0 aliphatic heterocycles. The fourth-order valence-electron chi connectivity index (χ4n) is 0. The van der Waals surface area contributed by atoms with Gasteiger partial charge in [0.25, 0.3) is 0 Å². The third-order valence-electron chi connectivity index (χ3n) is 0. The Labute approximate surface area is 59.4 Å². The van der Waals surface area contributed by atoms with Crippen molar-refractivity contribution in [2.24, 2.45) is 0 Å². The molecule has 0 bridgehead atoms. The van der Waals surface area contributed by atoms with Gasteiger partial charge in [0.05, 0.1) is 0 Å². The minimum absolute atomic E-state index is 0. The van der Waals surface area contributed by atoms with Crippen LogP contribution in [0.5, 0.6) is 0 Å². The smallest absolute Gasteiger partial charge is 0 e. The summed E-state index contributed by atoms with van der Waals surface area (Å²) in [5.41, 5.74) is 0. The van der Waals surface area contributed by atoms with Crippen LogP contribution in [0, 0.1) is 14.9 Å². The molecule has 38 valence electrons. The third-order valence-corrected chi connectivity index (χ3v) is 0. The summed E-state index contributed by atoms with van der Waals surface area (Å²) in [4.78, 5) is 0. The molecule has 4 heavy (non-hydrogen) atoms. The molecule has 0 rings (SSSR count). The molecule has 0 atom stereocenters. The van der Waals surface area contributed by atoms with E-state index in [2.05, 4.69) is 0 Å². The molecule has 0 saturated carbocycles. The number of hydrogen-bond donors (Lipinski definition) is 0. The maximum Gasteiger partial charge on any atom is 0 e. The van der Waals surface area contributed by atoms with Crippen LogP contribution in [0.1, 0.15) is 0 Å². The van der Waals surface area contributed by atoms with Gasteiger partial charge < -0.3 is 14.9 Å². The van der Waals surface area contributed by atoms with Crippen molar-refractivity contribution < 1.29 is 44.8 Å². The predicted octanol–water partition coefficient (Wildman–Crippen LogP) is 0.896. The van der Waals surface area contributed by atoms with Gasteiger partial charge in [0.1, 0.15) is 0 Å². The first-order chi connectivity index (χ1) is 0. The van der Waals surface area contributed by atoms with Gasteiger partial charge in [0, 0.05) is 44.8 Å². The van der Waals surface area contributed by atoms with Gasteiger partial charge in [-0.25, -0.2) is 0 Å². The molecule has 0 nitrogen and oxygen atoms in total. The minimum Gasteiger partial charge on any atom is -0.358 e. The standard InChI is InChI=1S/2CH3.2Au/h2*1H3;;/q2*-1;;. The normalized spacial score (nSPS) is 0. The minimum atomic E-state index is 0.